The summed E-state index contributed by atoms with van der Waals surface area (Å²) in [6.07, 6.45) is 3.53. The third-order valence-corrected chi connectivity index (χ3v) is 3.91. The Morgan fingerprint density at radius 3 is 2.63 bits per heavy atom. The van der Waals surface area contributed by atoms with Crippen LogP contribution in [0.3, 0.4) is 0 Å². The summed E-state index contributed by atoms with van der Waals surface area (Å²) in [6, 6.07) is 3.12. The van der Waals surface area contributed by atoms with E-state index in [1.165, 1.54) is 24.0 Å². The fourth-order valence-electron chi connectivity index (χ4n) is 1.82. The summed E-state index contributed by atoms with van der Waals surface area (Å²) in [4.78, 5) is 15.5. The molecule has 1 saturated carbocycles. The van der Waals surface area contributed by atoms with Gasteiger partial charge >= 0.3 is 5.92 Å². The van der Waals surface area contributed by atoms with Crippen LogP contribution in [0.5, 0.6) is 0 Å². The topological polar surface area (TPSA) is 62.2 Å². The first-order valence-corrected chi connectivity index (χ1v) is 7.03. The molecule has 0 saturated heterocycles. The number of hydrogen-bond donors (Lipinski definition) is 2. The summed E-state index contributed by atoms with van der Waals surface area (Å²) < 4.78 is 27.6. The highest BCUT2D eigenvalue weighted by Gasteiger charge is 2.61. The lowest BCUT2D eigenvalue weighted by atomic mass is 9.75. The van der Waals surface area contributed by atoms with E-state index in [1.807, 2.05) is 6.26 Å². The van der Waals surface area contributed by atoms with E-state index in [2.05, 4.69) is 10.3 Å². The molecule has 1 aromatic rings. The van der Waals surface area contributed by atoms with Crippen LogP contribution in [0, 0.1) is 0 Å². The van der Waals surface area contributed by atoms with Crippen LogP contribution in [0.15, 0.2) is 23.4 Å². The van der Waals surface area contributed by atoms with Crippen LogP contribution in [0.25, 0.3) is 0 Å². The van der Waals surface area contributed by atoms with E-state index >= 15 is 0 Å². The minimum atomic E-state index is -3.79. The van der Waals surface area contributed by atoms with Crippen LogP contribution in [0.2, 0.25) is 0 Å². The van der Waals surface area contributed by atoms with Crippen LogP contribution in [0.1, 0.15) is 19.3 Å². The summed E-state index contributed by atoms with van der Waals surface area (Å²) in [5, 5.41) is 12.5. The molecule has 1 heterocycles. The van der Waals surface area contributed by atoms with Crippen LogP contribution in [-0.2, 0) is 4.79 Å². The zero-order valence-electron chi connectivity index (χ0n) is 10.3. The first kappa shape index (κ1) is 14.2. The maximum Gasteiger partial charge on any atom is 0.352 e. The molecule has 1 fully saturated rings. The number of nitrogens with zero attached hydrogens (tertiary/aromatic N) is 1. The summed E-state index contributed by atoms with van der Waals surface area (Å²) >= 11 is 1.41. The van der Waals surface area contributed by atoms with Gasteiger partial charge in [-0.25, -0.2) is 4.98 Å². The predicted octanol–water partition coefficient (Wildman–Crippen LogP) is 2.29. The standard InChI is InChI=1S/C12H14F2N2O2S/c1-19-9-4-3-8(7-15-9)16-10(17)12(13,14)11(18)5-2-6-11/h3-4,7,18H,2,5-6H2,1H3,(H,16,17). The van der Waals surface area contributed by atoms with Gasteiger partial charge in [-0.05, 0) is 37.7 Å². The molecule has 4 nitrogen and oxygen atoms in total. The highest BCUT2D eigenvalue weighted by atomic mass is 32.2. The number of hydrogen-bond acceptors (Lipinski definition) is 4. The van der Waals surface area contributed by atoms with Crippen molar-refractivity contribution in [1.29, 1.82) is 0 Å². The van der Waals surface area contributed by atoms with Gasteiger partial charge in [-0.3, -0.25) is 4.79 Å². The number of carbonyl (C=O) groups is 1. The number of nitrogens with one attached hydrogen (secondary N) is 1. The number of rotatable bonds is 4. The third kappa shape index (κ3) is 2.57. The number of aliphatic hydroxyl groups is 1. The van der Waals surface area contributed by atoms with Gasteiger partial charge in [0.2, 0.25) is 0 Å². The summed E-state index contributed by atoms with van der Waals surface area (Å²) in [5.41, 5.74) is -2.02. The number of halogens is 2. The highest BCUT2D eigenvalue weighted by Crippen LogP contribution is 2.44. The fraction of sp³-hybridized carbons (Fsp3) is 0.500. The molecule has 0 aliphatic heterocycles. The van der Waals surface area contributed by atoms with Crippen molar-refractivity contribution >= 4 is 23.4 Å². The van der Waals surface area contributed by atoms with E-state index in [0.29, 0.717) is 6.42 Å². The zero-order valence-corrected chi connectivity index (χ0v) is 11.1. The van der Waals surface area contributed by atoms with E-state index in [1.54, 1.807) is 6.07 Å². The van der Waals surface area contributed by atoms with Crippen molar-refractivity contribution < 1.29 is 18.7 Å². The van der Waals surface area contributed by atoms with E-state index in [9.17, 15) is 18.7 Å². The smallest absolute Gasteiger partial charge is 0.352 e. The van der Waals surface area contributed by atoms with Crippen molar-refractivity contribution in [3.05, 3.63) is 18.3 Å². The van der Waals surface area contributed by atoms with E-state index in [0.717, 1.165) is 5.03 Å². The van der Waals surface area contributed by atoms with Crippen LogP contribution < -0.4 is 5.32 Å². The lowest BCUT2D eigenvalue weighted by Gasteiger charge is -2.41. The van der Waals surface area contributed by atoms with Gasteiger partial charge in [0, 0.05) is 0 Å². The Balaban J connectivity index is 2.07. The fourth-order valence-corrected chi connectivity index (χ4v) is 2.18. The minimum Gasteiger partial charge on any atom is -0.383 e. The molecule has 7 heteroatoms. The van der Waals surface area contributed by atoms with Crippen molar-refractivity contribution in [3.8, 4) is 0 Å². The van der Waals surface area contributed by atoms with Gasteiger partial charge in [0.15, 0.2) is 0 Å². The average molecular weight is 288 g/mol. The van der Waals surface area contributed by atoms with Gasteiger partial charge in [0.25, 0.3) is 5.91 Å². The van der Waals surface area contributed by atoms with Crippen LogP contribution >= 0.6 is 11.8 Å². The SMILES string of the molecule is CSc1ccc(NC(=O)C(F)(F)C2(O)CCC2)cn1. The second-order valence-electron chi connectivity index (χ2n) is 4.50. The molecule has 0 radical (unpaired) electrons. The molecule has 1 aliphatic rings. The van der Waals surface area contributed by atoms with Gasteiger partial charge in [-0.15, -0.1) is 11.8 Å². The molecule has 0 spiro atoms. The number of pyridine rings is 1. The molecule has 0 aromatic carbocycles. The van der Waals surface area contributed by atoms with Gasteiger partial charge in [-0.1, -0.05) is 0 Å². The molecule has 0 bridgehead atoms. The second-order valence-corrected chi connectivity index (χ2v) is 5.33. The Hall–Kier alpha value is -1.21. The third-order valence-electron chi connectivity index (χ3n) is 3.25. The molecule has 1 aromatic heterocycles. The van der Waals surface area contributed by atoms with E-state index < -0.39 is 17.4 Å². The normalized spacial score (nSPS) is 17.7. The number of carbonyl (C=O) groups excluding carboxylic acids is 1. The Kier molecular flexibility index (Phi) is 3.78. The molecule has 104 valence electrons. The first-order chi connectivity index (χ1) is 8.89. The van der Waals surface area contributed by atoms with Crippen molar-refractivity contribution in [1.82, 2.24) is 4.98 Å². The molecular weight excluding hydrogens is 274 g/mol. The van der Waals surface area contributed by atoms with Gasteiger partial charge in [0.05, 0.1) is 16.9 Å². The predicted molar refractivity (Wildman–Crippen MR) is 68.4 cm³/mol. The lowest BCUT2D eigenvalue weighted by molar-refractivity contribution is -0.212. The lowest BCUT2D eigenvalue weighted by Crippen LogP contribution is -2.59. The Labute approximate surface area is 113 Å². The molecule has 2 rings (SSSR count). The Bertz CT molecular complexity index is 475. The van der Waals surface area contributed by atoms with Crippen LogP contribution in [-0.4, -0.2) is 33.8 Å². The molecule has 0 unspecified atom stereocenters. The summed E-state index contributed by atoms with van der Waals surface area (Å²) in [7, 11) is 0. The van der Waals surface area contributed by atoms with Gasteiger partial charge in [0.1, 0.15) is 5.60 Å². The van der Waals surface area contributed by atoms with Crippen molar-refractivity contribution in [2.24, 2.45) is 0 Å². The number of thioether (sulfide) groups is 1. The zero-order chi connectivity index (χ0) is 14.1. The molecule has 19 heavy (non-hydrogen) atoms. The van der Waals surface area contributed by atoms with E-state index in [4.69, 9.17) is 0 Å². The van der Waals surface area contributed by atoms with Crippen molar-refractivity contribution in [2.75, 3.05) is 11.6 Å². The maximum absolute atomic E-state index is 13.8. The monoisotopic (exact) mass is 288 g/mol. The average Bonchev–Trinajstić information content (AvgIpc) is 2.36. The number of amides is 1. The largest absolute Gasteiger partial charge is 0.383 e. The number of alkyl halides is 2. The molecule has 0 atom stereocenters. The van der Waals surface area contributed by atoms with Gasteiger partial charge < -0.3 is 10.4 Å². The summed E-state index contributed by atoms with van der Waals surface area (Å²) in [5.74, 6) is -5.28. The Morgan fingerprint density at radius 1 is 1.53 bits per heavy atom. The molecule has 1 amide bonds. The van der Waals surface area contributed by atoms with Crippen molar-refractivity contribution in [2.45, 2.75) is 35.8 Å². The van der Waals surface area contributed by atoms with Crippen molar-refractivity contribution in [3.63, 3.8) is 0 Å². The van der Waals surface area contributed by atoms with Gasteiger partial charge in [-0.2, -0.15) is 8.78 Å². The molecule has 2 N–H and O–H groups in total. The number of aromatic nitrogens is 1. The Morgan fingerprint density at radius 2 is 2.21 bits per heavy atom. The summed E-state index contributed by atoms with van der Waals surface area (Å²) in [6.45, 7) is 0. The second kappa shape index (κ2) is 5.05. The quantitative estimate of drug-likeness (QED) is 0.835. The number of anilines is 1. The van der Waals surface area contributed by atoms with Crippen LogP contribution in [0.4, 0.5) is 14.5 Å². The molecular formula is C12H14F2N2O2S. The minimum absolute atomic E-state index is 0.0584. The molecule has 1 aliphatic carbocycles. The van der Waals surface area contributed by atoms with E-state index in [-0.39, 0.29) is 18.5 Å². The maximum atomic E-state index is 13.8. The highest BCUT2D eigenvalue weighted by molar-refractivity contribution is 7.98. The first-order valence-electron chi connectivity index (χ1n) is 5.81.